The molecule has 0 aliphatic carbocycles. The summed E-state index contributed by atoms with van der Waals surface area (Å²) in [5, 5.41) is 0.850. The van der Waals surface area contributed by atoms with Crippen LogP contribution in [0.3, 0.4) is 0 Å². The number of aromatic nitrogens is 1. The van der Waals surface area contributed by atoms with Crippen molar-refractivity contribution in [2.24, 2.45) is 0 Å². The number of hydrogen-bond acceptors (Lipinski definition) is 3. The van der Waals surface area contributed by atoms with Crippen molar-refractivity contribution >= 4 is 21.6 Å². The molecule has 0 aliphatic heterocycles. The fraction of sp³-hybridized carbons (Fsp3) is 0.182. The van der Waals surface area contributed by atoms with Gasteiger partial charge in [-0.15, -0.1) is 11.3 Å². The van der Waals surface area contributed by atoms with Gasteiger partial charge in [-0.1, -0.05) is 18.1 Å². The van der Waals surface area contributed by atoms with Crippen molar-refractivity contribution < 1.29 is 4.74 Å². The van der Waals surface area contributed by atoms with Crippen molar-refractivity contribution in [3.05, 3.63) is 29.3 Å². The number of ether oxygens (including phenoxy) is 1. The van der Waals surface area contributed by atoms with Gasteiger partial charge in [-0.25, -0.2) is 4.98 Å². The van der Waals surface area contributed by atoms with E-state index in [9.17, 15) is 0 Å². The zero-order chi connectivity index (χ0) is 9.80. The van der Waals surface area contributed by atoms with Crippen molar-refractivity contribution in [1.29, 1.82) is 0 Å². The normalized spacial score (nSPS) is 9.79. The Kier molecular flexibility index (Phi) is 2.78. The summed E-state index contributed by atoms with van der Waals surface area (Å²) >= 11 is 1.61. The van der Waals surface area contributed by atoms with Crippen molar-refractivity contribution in [1.82, 2.24) is 4.98 Å². The molecule has 0 unspecified atom stereocenters. The van der Waals surface area contributed by atoms with Crippen LogP contribution in [0.25, 0.3) is 10.2 Å². The summed E-state index contributed by atoms with van der Waals surface area (Å²) in [4.78, 5) is 4.37. The lowest BCUT2D eigenvalue weighted by Crippen LogP contribution is -1.81. The summed E-state index contributed by atoms with van der Waals surface area (Å²) in [6.45, 7) is 0.454. The molecule has 0 saturated carbocycles. The Labute approximate surface area is 86.5 Å². The van der Waals surface area contributed by atoms with E-state index in [2.05, 4.69) is 22.9 Å². The lowest BCUT2D eigenvalue weighted by molar-refractivity contribution is 0.240. The van der Waals surface area contributed by atoms with E-state index in [1.54, 1.807) is 18.4 Å². The van der Waals surface area contributed by atoms with E-state index in [4.69, 9.17) is 4.74 Å². The van der Waals surface area contributed by atoms with Crippen LogP contribution in [0, 0.1) is 11.8 Å². The minimum Gasteiger partial charge on any atom is -0.372 e. The highest BCUT2D eigenvalue weighted by Crippen LogP contribution is 2.20. The maximum absolute atomic E-state index is 4.84. The summed E-state index contributed by atoms with van der Waals surface area (Å²) < 4.78 is 6.02. The topological polar surface area (TPSA) is 22.1 Å². The molecule has 0 atom stereocenters. The monoisotopic (exact) mass is 203 g/mol. The standard InChI is InChI=1S/C11H9NOS/c1-13-8-4-7-11-12-9-5-2-3-6-10(9)14-11/h2-3,5-6H,8H2,1H3. The Morgan fingerprint density at radius 1 is 1.43 bits per heavy atom. The van der Waals surface area contributed by atoms with E-state index in [1.807, 2.05) is 18.2 Å². The maximum atomic E-state index is 4.84. The molecule has 0 saturated heterocycles. The van der Waals surface area contributed by atoms with Gasteiger partial charge in [0.1, 0.15) is 6.61 Å². The van der Waals surface area contributed by atoms with Gasteiger partial charge in [0, 0.05) is 7.11 Å². The minimum atomic E-state index is 0.454. The molecule has 0 fully saturated rings. The molecule has 0 spiro atoms. The lowest BCUT2D eigenvalue weighted by atomic mass is 10.3. The van der Waals surface area contributed by atoms with Gasteiger partial charge in [-0.3, -0.25) is 0 Å². The van der Waals surface area contributed by atoms with E-state index < -0.39 is 0 Å². The molecular formula is C11H9NOS. The summed E-state index contributed by atoms with van der Waals surface area (Å²) in [5.41, 5.74) is 1.01. The van der Waals surface area contributed by atoms with Crippen molar-refractivity contribution in [2.75, 3.05) is 13.7 Å². The highest BCUT2D eigenvalue weighted by Gasteiger charge is 1.98. The van der Waals surface area contributed by atoms with E-state index in [1.165, 1.54) is 4.70 Å². The number of para-hydroxylation sites is 1. The van der Waals surface area contributed by atoms with Crippen LogP contribution in [0.5, 0.6) is 0 Å². The number of methoxy groups -OCH3 is 1. The Bertz CT molecular complexity index is 459. The molecule has 14 heavy (non-hydrogen) atoms. The van der Waals surface area contributed by atoms with Crippen LogP contribution in [0.15, 0.2) is 24.3 Å². The molecule has 0 radical (unpaired) electrons. The molecule has 2 rings (SSSR count). The average molecular weight is 203 g/mol. The predicted molar refractivity (Wildman–Crippen MR) is 58.4 cm³/mol. The fourth-order valence-electron chi connectivity index (χ4n) is 1.11. The number of fused-ring (bicyclic) bond motifs is 1. The zero-order valence-electron chi connectivity index (χ0n) is 7.78. The smallest absolute Gasteiger partial charge is 0.168 e. The van der Waals surface area contributed by atoms with Crippen LogP contribution >= 0.6 is 11.3 Å². The minimum absolute atomic E-state index is 0.454. The van der Waals surface area contributed by atoms with Crippen LogP contribution in [-0.2, 0) is 4.74 Å². The van der Waals surface area contributed by atoms with Crippen LogP contribution in [0.2, 0.25) is 0 Å². The Morgan fingerprint density at radius 2 is 2.29 bits per heavy atom. The molecule has 2 nitrogen and oxygen atoms in total. The molecule has 1 aromatic heterocycles. The van der Waals surface area contributed by atoms with Crippen molar-refractivity contribution in [3.63, 3.8) is 0 Å². The fourth-order valence-corrected chi connectivity index (χ4v) is 1.95. The first-order chi connectivity index (χ1) is 6.90. The van der Waals surface area contributed by atoms with E-state index in [-0.39, 0.29) is 0 Å². The van der Waals surface area contributed by atoms with Gasteiger partial charge >= 0.3 is 0 Å². The third-order valence-electron chi connectivity index (χ3n) is 1.71. The summed E-state index contributed by atoms with van der Waals surface area (Å²) in [7, 11) is 1.63. The number of thiazole rings is 1. The van der Waals surface area contributed by atoms with E-state index in [0.717, 1.165) is 10.5 Å². The van der Waals surface area contributed by atoms with Gasteiger partial charge in [0.2, 0.25) is 0 Å². The summed E-state index contributed by atoms with van der Waals surface area (Å²) in [6.07, 6.45) is 0. The number of hydrogen-bond donors (Lipinski definition) is 0. The van der Waals surface area contributed by atoms with Gasteiger partial charge in [-0.05, 0) is 18.1 Å². The first kappa shape index (κ1) is 9.20. The molecule has 0 amide bonds. The second kappa shape index (κ2) is 4.23. The van der Waals surface area contributed by atoms with E-state index >= 15 is 0 Å². The maximum Gasteiger partial charge on any atom is 0.168 e. The van der Waals surface area contributed by atoms with Crippen molar-refractivity contribution in [3.8, 4) is 11.8 Å². The average Bonchev–Trinajstić information content (AvgIpc) is 2.60. The predicted octanol–water partition coefficient (Wildman–Crippen LogP) is 2.29. The third kappa shape index (κ3) is 1.92. The molecule has 1 heterocycles. The van der Waals surface area contributed by atoms with Crippen LogP contribution in [0.1, 0.15) is 5.01 Å². The van der Waals surface area contributed by atoms with E-state index in [0.29, 0.717) is 6.61 Å². The molecule has 0 bridgehead atoms. The highest BCUT2D eigenvalue weighted by atomic mass is 32.1. The molecule has 0 aliphatic rings. The van der Waals surface area contributed by atoms with Gasteiger partial charge < -0.3 is 4.74 Å². The van der Waals surface area contributed by atoms with Gasteiger partial charge in [0.25, 0.3) is 0 Å². The van der Waals surface area contributed by atoms with Gasteiger partial charge in [-0.2, -0.15) is 0 Å². The quantitative estimate of drug-likeness (QED) is 0.663. The lowest BCUT2D eigenvalue weighted by Gasteiger charge is -1.80. The molecule has 2 aromatic rings. The molecular weight excluding hydrogens is 194 g/mol. The highest BCUT2D eigenvalue weighted by molar-refractivity contribution is 7.19. The molecule has 0 N–H and O–H groups in total. The zero-order valence-corrected chi connectivity index (χ0v) is 8.60. The van der Waals surface area contributed by atoms with Crippen LogP contribution in [0.4, 0.5) is 0 Å². The Balaban J connectivity index is 2.33. The molecule has 70 valence electrons. The van der Waals surface area contributed by atoms with Gasteiger partial charge in [0.05, 0.1) is 10.2 Å². The van der Waals surface area contributed by atoms with Crippen molar-refractivity contribution in [2.45, 2.75) is 0 Å². The first-order valence-corrected chi connectivity index (χ1v) is 5.05. The molecule has 1 aromatic carbocycles. The van der Waals surface area contributed by atoms with Crippen LogP contribution in [-0.4, -0.2) is 18.7 Å². The first-order valence-electron chi connectivity index (χ1n) is 4.23. The SMILES string of the molecule is COCC#Cc1nc2ccccc2s1. The Hall–Kier alpha value is -1.37. The number of nitrogens with zero attached hydrogens (tertiary/aromatic N) is 1. The summed E-state index contributed by atoms with van der Waals surface area (Å²) in [6, 6.07) is 8.03. The van der Waals surface area contributed by atoms with Gasteiger partial charge in [0.15, 0.2) is 5.01 Å². The number of rotatable bonds is 1. The van der Waals surface area contributed by atoms with Crippen LogP contribution < -0.4 is 0 Å². The Morgan fingerprint density at radius 3 is 3.07 bits per heavy atom. The molecule has 3 heteroatoms. The second-order valence-corrected chi connectivity index (χ2v) is 3.75. The summed E-state index contributed by atoms with van der Waals surface area (Å²) in [5.74, 6) is 5.86. The largest absolute Gasteiger partial charge is 0.372 e. The second-order valence-electron chi connectivity index (χ2n) is 2.72. The number of benzene rings is 1. The third-order valence-corrected chi connectivity index (χ3v) is 2.66.